The summed E-state index contributed by atoms with van der Waals surface area (Å²) in [5.74, 6) is 0.438. The van der Waals surface area contributed by atoms with Crippen LogP contribution < -0.4 is 4.90 Å². The molecule has 39 heavy (non-hydrogen) atoms. The first kappa shape index (κ1) is 24.8. The third kappa shape index (κ3) is 4.07. The highest BCUT2D eigenvalue weighted by molar-refractivity contribution is 6.10. The first-order valence-corrected chi connectivity index (χ1v) is 13.5. The second-order valence-corrected chi connectivity index (χ2v) is 11.6. The summed E-state index contributed by atoms with van der Waals surface area (Å²) in [6, 6.07) is 11.4. The Morgan fingerprint density at radius 3 is 2.44 bits per heavy atom. The number of benzene rings is 2. The summed E-state index contributed by atoms with van der Waals surface area (Å²) in [6.45, 7) is 1.35. The van der Waals surface area contributed by atoms with Crippen LogP contribution in [0.1, 0.15) is 64.1 Å². The van der Waals surface area contributed by atoms with Crippen molar-refractivity contribution >= 4 is 11.6 Å². The average molecular weight is 538 g/mol. The highest BCUT2D eigenvalue weighted by Crippen LogP contribution is 2.43. The van der Waals surface area contributed by atoms with E-state index >= 15 is 0 Å². The number of rotatable bonds is 6. The van der Waals surface area contributed by atoms with Gasteiger partial charge in [-0.3, -0.25) is 9.69 Å². The molecule has 204 valence electrons. The van der Waals surface area contributed by atoms with Crippen molar-refractivity contribution in [2.75, 3.05) is 18.1 Å². The second-order valence-electron chi connectivity index (χ2n) is 11.6. The fourth-order valence-corrected chi connectivity index (χ4v) is 7.00. The van der Waals surface area contributed by atoms with Crippen molar-refractivity contribution in [3.8, 4) is 0 Å². The maximum Gasteiger partial charge on any atom is 0.416 e. The molecule has 10 heteroatoms. The topological polar surface area (TPSA) is 63.5 Å². The van der Waals surface area contributed by atoms with E-state index in [-0.39, 0.29) is 29.0 Å². The fraction of sp³-hybridized carbons (Fsp3) is 0.483. The zero-order valence-electron chi connectivity index (χ0n) is 21.7. The minimum absolute atomic E-state index is 0.0619. The molecule has 2 bridgehead atoms. The molecule has 0 spiro atoms. The molecule has 0 N–H and O–H groups in total. The molecule has 4 aliphatic heterocycles. The average Bonchev–Trinajstić information content (AvgIpc) is 3.66. The number of nitrogens with zero attached hydrogens (tertiary/aromatic N) is 5. The third-order valence-corrected chi connectivity index (χ3v) is 9.20. The summed E-state index contributed by atoms with van der Waals surface area (Å²) in [4.78, 5) is 17.5. The Balaban J connectivity index is 1.21. The van der Waals surface area contributed by atoms with Crippen LogP contribution in [0.4, 0.5) is 18.9 Å². The molecule has 3 saturated heterocycles. The number of aryl methyl sites for hydroxylation is 1. The first-order chi connectivity index (χ1) is 18.7. The molecule has 1 amide bonds. The van der Waals surface area contributed by atoms with E-state index in [4.69, 9.17) is 4.74 Å². The number of fused-ring (bicyclic) bond motifs is 3. The van der Waals surface area contributed by atoms with Gasteiger partial charge in [-0.25, -0.2) is 0 Å². The van der Waals surface area contributed by atoms with Gasteiger partial charge < -0.3 is 14.2 Å². The van der Waals surface area contributed by atoms with E-state index in [0.29, 0.717) is 49.5 Å². The van der Waals surface area contributed by atoms with Crippen LogP contribution in [0.3, 0.4) is 0 Å². The number of carbonyl (C=O) groups excluding carboxylic acids is 1. The summed E-state index contributed by atoms with van der Waals surface area (Å²) in [6.07, 6.45) is 2.15. The third-order valence-electron chi connectivity index (χ3n) is 9.20. The van der Waals surface area contributed by atoms with E-state index in [0.717, 1.165) is 37.1 Å². The van der Waals surface area contributed by atoms with Crippen molar-refractivity contribution in [1.29, 1.82) is 0 Å². The van der Waals surface area contributed by atoms with Gasteiger partial charge in [-0.15, -0.1) is 10.2 Å². The molecule has 3 aromatic rings. The number of aromatic nitrogens is 3. The van der Waals surface area contributed by atoms with E-state index in [9.17, 15) is 18.0 Å². The summed E-state index contributed by atoms with van der Waals surface area (Å²) < 4.78 is 50.3. The molecule has 0 unspecified atom stereocenters. The lowest BCUT2D eigenvalue weighted by Gasteiger charge is -2.42. The number of hydrogen-bond donors (Lipinski definition) is 0. The molecular formula is C29H30F3N5O2. The van der Waals surface area contributed by atoms with Crippen LogP contribution in [0.25, 0.3) is 0 Å². The van der Waals surface area contributed by atoms with Gasteiger partial charge in [0.15, 0.2) is 0 Å². The summed E-state index contributed by atoms with van der Waals surface area (Å²) >= 11 is 0. The van der Waals surface area contributed by atoms with Gasteiger partial charge in [-0.2, -0.15) is 13.2 Å². The molecule has 7 rings (SSSR count). The Bertz CT molecular complexity index is 1430. The van der Waals surface area contributed by atoms with E-state index in [1.165, 1.54) is 11.0 Å². The van der Waals surface area contributed by atoms with Gasteiger partial charge in [0.1, 0.15) is 12.2 Å². The number of halogens is 3. The van der Waals surface area contributed by atoms with E-state index in [2.05, 4.69) is 15.1 Å². The van der Waals surface area contributed by atoms with Crippen molar-refractivity contribution in [1.82, 2.24) is 19.7 Å². The first-order valence-electron chi connectivity index (χ1n) is 13.5. The zero-order chi connectivity index (χ0) is 26.9. The van der Waals surface area contributed by atoms with Crippen molar-refractivity contribution < 1.29 is 22.7 Å². The summed E-state index contributed by atoms with van der Waals surface area (Å²) in [7, 11) is 1.89. The molecular weight excluding hydrogens is 507 g/mol. The molecule has 5 heterocycles. The number of ether oxygens (including phenoxy) is 1. The molecule has 0 radical (unpaired) electrons. The smallest absolute Gasteiger partial charge is 0.379 e. The van der Waals surface area contributed by atoms with Crippen LogP contribution in [0, 0.1) is 0 Å². The highest BCUT2D eigenvalue weighted by atomic mass is 19.4. The predicted octanol–water partition coefficient (Wildman–Crippen LogP) is 4.63. The lowest BCUT2D eigenvalue weighted by Crippen LogP contribution is -2.49. The molecule has 0 atom stereocenters. The number of alkyl halides is 3. The van der Waals surface area contributed by atoms with Gasteiger partial charge in [0, 0.05) is 48.8 Å². The molecule has 1 aromatic heterocycles. The number of anilines is 1. The minimum atomic E-state index is -4.54. The Morgan fingerprint density at radius 1 is 1.08 bits per heavy atom. The highest BCUT2D eigenvalue weighted by Gasteiger charge is 2.44. The molecule has 0 aliphatic carbocycles. The van der Waals surface area contributed by atoms with Crippen molar-refractivity contribution in [3.05, 3.63) is 76.4 Å². The van der Waals surface area contributed by atoms with Crippen LogP contribution in [0.5, 0.6) is 0 Å². The van der Waals surface area contributed by atoms with E-state index < -0.39 is 11.7 Å². The summed E-state index contributed by atoms with van der Waals surface area (Å²) in [5, 5.41) is 8.20. The van der Waals surface area contributed by atoms with Gasteiger partial charge >= 0.3 is 6.18 Å². The Morgan fingerprint density at radius 2 is 1.82 bits per heavy atom. The quantitative estimate of drug-likeness (QED) is 0.459. The van der Waals surface area contributed by atoms with Gasteiger partial charge in [0.05, 0.1) is 25.3 Å². The maximum absolute atomic E-state index is 14.3. The molecule has 2 aromatic carbocycles. The zero-order valence-corrected chi connectivity index (χ0v) is 21.7. The number of hydrogen-bond acceptors (Lipinski definition) is 5. The van der Waals surface area contributed by atoms with Crippen molar-refractivity contribution in [2.45, 2.75) is 68.9 Å². The maximum atomic E-state index is 14.3. The van der Waals surface area contributed by atoms with Gasteiger partial charge in [0.25, 0.3) is 5.91 Å². The molecule has 0 saturated carbocycles. The van der Waals surface area contributed by atoms with E-state index in [1.807, 2.05) is 29.8 Å². The number of carbonyl (C=O) groups is 1. The molecule has 7 nitrogen and oxygen atoms in total. The molecule has 3 fully saturated rings. The Labute approximate surface area is 224 Å². The number of amides is 1. The van der Waals surface area contributed by atoms with Crippen molar-refractivity contribution in [3.63, 3.8) is 0 Å². The van der Waals surface area contributed by atoms with Crippen LogP contribution >= 0.6 is 0 Å². The van der Waals surface area contributed by atoms with Crippen molar-refractivity contribution in [2.24, 2.45) is 7.05 Å². The molecule has 4 aliphatic rings. The Hall–Kier alpha value is -3.24. The van der Waals surface area contributed by atoms with Crippen LogP contribution in [-0.4, -0.2) is 50.9 Å². The lowest BCUT2D eigenvalue weighted by molar-refractivity contribution is -0.138. The van der Waals surface area contributed by atoms with Crippen LogP contribution in [0.2, 0.25) is 0 Å². The fourth-order valence-electron chi connectivity index (χ4n) is 7.00. The minimum Gasteiger partial charge on any atom is -0.379 e. The van der Waals surface area contributed by atoms with Crippen LogP contribution in [-0.2, 0) is 42.9 Å². The lowest BCUT2D eigenvalue weighted by atomic mass is 9.75. The van der Waals surface area contributed by atoms with Gasteiger partial charge in [0.2, 0.25) is 0 Å². The van der Waals surface area contributed by atoms with Gasteiger partial charge in [-0.05, 0) is 66.6 Å². The van der Waals surface area contributed by atoms with E-state index in [1.54, 1.807) is 18.5 Å². The summed E-state index contributed by atoms with van der Waals surface area (Å²) in [5.41, 5.74) is 1.33. The Kier molecular flexibility index (Phi) is 5.65. The SMILES string of the molecule is Cn1cnnc1CC1(c2cccc(N3Cc4c(cc(CN5C6CCC5CC6)cc4C(F)(F)F)C3=O)c2)COC1. The van der Waals surface area contributed by atoms with Gasteiger partial charge in [-0.1, -0.05) is 12.1 Å². The van der Waals surface area contributed by atoms with Crippen LogP contribution in [0.15, 0.2) is 42.7 Å². The second kappa shape index (κ2) is 8.89. The monoisotopic (exact) mass is 537 g/mol. The normalized spacial score (nSPS) is 23.9. The largest absolute Gasteiger partial charge is 0.416 e. The standard InChI is InChI=1S/C29H30F3N5O2/c1-35-17-33-34-26(35)12-28(15-39-16-28)19-3-2-4-22(11-19)37-14-24-23(27(37)38)9-18(10-25(24)29(30,31)32)13-36-20-5-6-21(36)8-7-20/h2-4,9-11,17,20-21H,5-8,12-16H2,1H3. The predicted molar refractivity (Wildman–Crippen MR) is 137 cm³/mol.